The van der Waals surface area contributed by atoms with Crippen LogP contribution in [0.15, 0.2) is 0 Å². The van der Waals surface area contributed by atoms with Gasteiger partial charge in [-0.2, -0.15) is 0 Å². The number of aromatic nitrogens is 2. The van der Waals surface area contributed by atoms with E-state index in [0.29, 0.717) is 6.54 Å². The second-order valence-electron chi connectivity index (χ2n) is 4.15. The van der Waals surface area contributed by atoms with Gasteiger partial charge in [0, 0.05) is 17.1 Å². The van der Waals surface area contributed by atoms with Gasteiger partial charge in [0.05, 0.1) is 11.4 Å². The number of rotatable bonds is 1. The van der Waals surface area contributed by atoms with Crippen molar-refractivity contribution in [1.82, 2.24) is 9.38 Å². The molecule has 80 valence electrons. The maximum Gasteiger partial charge on any atom is 0.194 e. The first-order valence-electron chi connectivity index (χ1n) is 5.50. The molecule has 0 fully saturated rings. The van der Waals surface area contributed by atoms with E-state index in [-0.39, 0.29) is 0 Å². The second-order valence-corrected chi connectivity index (χ2v) is 5.21. The third-order valence-electron chi connectivity index (χ3n) is 3.21. The molecule has 0 spiro atoms. The van der Waals surface area contributed by atoms with E-state index in [0.717, 1.165) is 10.7 Å². The van der Waals surface area contributed by atoms with Crippen LogP contribution in [0.5, 0.6) is 0 Å². The average molecular weight is 221 g/mol. The molecule has 3 nitrogen and oxygen atoms in total. The Morgan fingerprint density at radius 3 is 3.00 bits per heavy atom. The molecule has 0 bridgehead atoms. The van der Waals surface area contributed by atoms with Gasteiger partial charge in [0.1, 0.15) is 0 Å². The van der Waals surface area contributed by atoms with Crippen LogP contribution < -0.4 is 5.73 Å². The summed E-state index contributed by atoms with van der Waals surface area (Å²) in [5.41, 5.74) is 9.56. The van der Waals surface area contributed by atoms with E-state index in [9.17, 15) is 0 Å². The SMILES string of the molecule is Cc1nc2sc3c(n2c1CN)CCCC3. The van der Waals surface area contributed by atoms with Crippen LogP contribution in [0.2, 0.25) is 0 Å². The Morgan fingerprint density at radius 1 is 1.40 bits per heavy atom. The minimum Gasteiger partial charge on any atom is -0.325 e. The lowest BCUT2D eigenvalue weighted by Crippen LogP contribution is -2.08. The molecular weight excluding hydrogens is 206 g/mol. The number of thiazole rings is 1. The second kappa shape index (κ2) is 3.32. The monoisotopic (exact) mass is 221 g/mol. The van der Waals surface area contributed by atoms with E-state index in [4.69, 9.17) is 5.73 Å². The van der Waals surface area contributed by atoms with Crippen molar-refractivity contribution in [2.75, 3.05) is 0 Å². The van der Waals surface area contributed by atoms with Crippen molar-refractivity contribution in [2.45, 2.75) is 39.2 Å². The van der Waals surface area contributed by atoms with Crippen LogP contribution in [0.25, 0.3) is 4.96 Å². The summed E-state index contributed by atoms with van der Waals surface area (Å²) in [6, 6.07) is 0. The fraction of sp³-hybridized carbons (Fsp3) is 0.545. The number of fused-ring (bicyclic) bond motifs is 3. The number of nitrogens with zero attached hydrogens (tertiary/aromatic N) is 2. The fourth-order valence-electron chi connectivity index (χ4n) is 2.44. The predicted octanol–water partition coefficient (Wildman–Crippen LogP) is 2.04. The average Bonchev–Trinajstić information content (AvgIpc) is 2.72. The molecule has 1 aliphatic rings. The van der Waals surface area contributed by atoms with E-state index in [1.807, 2.05) is 11.3 Å². The Kier molecular flexibility index (Phi) is 2.07. The molecule has 0 saturated heterocycles. The van der Waals surface area contributed by atoms with Crippen LogP contribution in [0.1, 0.15) is 34.8 Å². The van der Waals surface area contributed by atoms with Gasteiger partial charge in [0.15, 0.2) is 4.96 Å². The summed E-state index contributed by atoms with van der Waals surface area (Å²) >= 11 is 1.85. The van der Waals surface area contributed by atoms with Gasteiger partial charge < -0.3 is 5.73 Å². The number of aryl methyl sites for hydroxylation is 3. The van der Waals surface area contributed by atoms with E-state index in [1.54, 1.807) is 0 Å². The number of hydrogen-bond donors (Lipinski definition) is 1. The zero-order chi connectivity index (χ0) is 10.4. The Morgan fingerprint density at radius 2 is 2.20 bits per heavy atom. The van der Waals surface area contributed by atoms with Crippen molar-refractivity contribution >= 4 is 16.3 Å². The summed E-state index contributed by atoms with van der Waals surface area (Å²) in [5, 5.41) is 0. The van der Waals surface area contributed by atoms with Crippen LogP contribution in [-0.2, 0) is 19.4 Å². The number of imidazole rings is 1. The third-order valence-corrected chi connectivity index (χ3v) is 4.35. The normalized spacial score (nSPS) is 15.9. The number of nitrogens with two attached hydrogens (primary N) is 1. The molecule has 0 unspecified atom stereocenters. The maximum atomic E-state index is 5.80. The summed E-state index contributed by atoms with van der Waals surface area (Å²) in [6.45, 7) is 2.65. The Bertz CT molecular complexity index is 509. The van der Waals surface area contributed by atoms with Crippen LogP contribution in [0.3, 0.4) is 0 Å². The first kappa shape index (κ1) is 9.36. The van der Waals surface area contributed by atoms with Gasteiger partial charge in [-0.25, -0.2) is 4.98 Å². The number of hydrogen-bond acceptors (Lipinski definition) is 3. The summed E-state index contributed by atoms with van der Waals surface area (Å²) in [4.78, 5) is 7.26. The van der Waals surface area contributed by atoms with E-state index >= 15 is 0 Å². The summed E-state index contributed by atoms with van der Waals surface area (Å²) in [7, 11) is 0. The van der Waals surface area contributed by atoms with Gasteiger partial charge in [-0.3, -0.25) is 4.40 Å². The third kappa shape index (κ3) is 1.25. The summed E-state index contributed by atoms with van der Waals surface area (Å²) in [6.07, 6.45) is 5.05. The van der Waals surface area contributed by atoms with Gasteiger partial charge in [-0.15, -0.1) is 11.3 Å². The molecule has 1 aliphatic carbocycles. The van der Waals surface area contributed by atoms with E-state index in [1.165, 1.54) is 41.9 Å². The molecular formula is C11H15N3S. The van der Waals surface area contributed by atoms with Crippen molar-refractivity contribution in [3.05, 3.63) is 22.0 Å². The highest BCUT2D eigenvalue weighted by Crippen LogP contribution is 2.31. The van der Waals surface area contributed by atoms with Crippen LogP contribution in [-0.4, -0.2) is 9.38 Å². The minimum atomic E-state index is 0.593. The maximum absolute atomic E-state index is 5.80. The molecule has 0 amide bonds. The van der Waals surface area contributed by atoms with Crippen LogP contribution in [0, 0.1) is 6.92 Å². The first-order chi connectivity index (χ1) is 7.31. The molecule has 3 rings (SSSR count). The van der Waals surface area contributed by atoms with Crippen molar-refractivity contribution in [3.8, 4) is 0 Å². The first-order valence-corrected chi connectivity index (χ1v) is 6.31. The Balaban J connectivity index is 2.32. The molecule has 0 aromatic carbocycles. The smallest absolute Gasteiger partial charge is 0.194 e. The van der Waals surface area contributed by atoms with E-state index < -0.39 is 0 Å². The van der Waals surface area contributed by atoms with Gasteiger partial charge in [0.2, 0.25) is 0 Å². The Hall–Kier alpha value is -0.870. The van der Waals surface area contributed by atoms with Crippen molar-refractivity contribution in [1.29, 1.82) is 0 Å². The highest BCUT2D eigenvalue weighted by molar-refractivity contribution is 7.17. The lowest BCUT2D eigenvalue weighted by atomic mass is 10.0. The summed E-state index contributed by atoms with van der Waals surface area (Å²) < 4.78 is 2.30. The zero-order valence-corrected chi connectivity index (χ0v) is 9.73. The Labute approximate surface area is 92.9 Å². The topological polar surface area (TPSA) is 43.3 Å². The van der Waals surface area contributed by atoms with Crippen molar-refractivity contribution < 1.29 is 0 Å². The molecule has 15 heavy (non-hydrogen) atoms. The highest BCUT2D eigenvalue weighted by atomic mass is 32.1. The van der Waals surface area contributed by atoms with Crippen LogP contribution in [0.4, 0.5) is 0 Å². The van der Waals surface area contributed by atoms with Crippen molar-refractivity contribution in [3.63, 3.8) is 0 Å². The van der Waals surface area contributed by atoms with E-state index in [2.05, 4.69) is 16.3 Å². The molecule has 0 saturated carbocycles. The molecule has 2 heterocycles. The molecule has 2 N–H and O–H groups in total. The minimum absolute atomic E-state index is 0.593. The molecule has 0 radical (unpaired) electrons. The molecule has 0 aliphatic heterocycles. The van der Waals surface area contributed by atoms with Gasteiger partial charge >= 0.3 is 0 Å². The lowest BCUT2D eigenvalue weighted by Gasteiger charge is -2.11. The fourth-order valence-corrected chi connectivity index (χ4v) is 3.71. The highest BCUT2D eigenvalue weighted by Gasteiger charge is 2.20. The van der Waals surface area contributed by atoms with Crippen molar-refractivity contribution in [2.24, 2.45) is 5.73 Å². The van der Waals surface area contributed by atoms with Gasteiger partial charge in [0.25, 0.3) is 0 Å². The molecule has 4 heteroatoms. The standard InChI is InChI=1S/C11H15N3S/c1-7-9(6-12)14-8-4-2-3-5-10(8)15-11(14)13-7/h2-6,12H2,1H3. The predicted molar refractivity (Wildman–Crippen MR) is 62.3 cm³/mol. The van der Waals surface area contributed by atoms with Crippen LogP contribution >= 0.6 is 11.3 Å². The quantitative estimate of drug-likeness (QED) is 0.801. The van der Waals surface area contributed by atoms with Gasteiger partial charge in [-0.1, -0.05) is 0 Å². The zero-order valence-electron chi connectivity index (χ0n) is 8.92. The molecule has 2 aromatic rings. The lowest BCUT2D eigenvalue weighted by molar-refractivity contribution is 0.669. The molecule has 2 aromatic heterocycles. The molecule has 0 atom stereocenters. The largest absolute Gasteiger partial charge is 0.325 e. The van der Waals surface area contributed by atoms with Gasteiger partial charge in [-0.05, 0) is 32.6 Å². The summed E-state index contributed by atoms with van der Waals surface area (Å²) in [5.74, 6) is 0.